The number of hydrogen-bond acceptors (Lipinski definition) is 5. The van der Waals surface area contributed by atoms with Gasteiger partial charge in [0.25, 0.3) is 0 Å². The fourth-order valence-corrected chi connectivity index (χ4v) is 7.02. The third-order valence-electron chi connectivity index (χ3n) is 6.92. The van der Waals surface area contributed by atoms with Crippen molar-refractivity contribution in [2.24, 2.45) is 0 Å². The molecule has 1 N–H and O–H groups in total. The van der Waals surface area contributed by atoms with Crippen molar-refractivity contribution in [2.75, 3.05) is 24.2 Å². The fourth-order valence-electron chi connectivity index (χ4n) is 5.26. The molecule has 6 nitrogen and oxygen atoms in total. The van der Waals surface area contributed by atoms with Gasteiger partial charge in [-0.3, -0.25) is 10.1 Å². The van der Waals surface area contributed by atoms with Crippen LogP contribution in [0.15, 0.2) is 10.4 Å². The monoisotopic (exact) mass is 464 g/mol. The average molecular weight is 465 g/mol. The highest BCUT2D eigenvalue weighted by Gasteiger charge is 2.32. The fraction of sp³-hybridized carbons (Fsp3) is 0.783. The molecule has 3 aliphatic rings. The van der Waals surface area contributed by atoms with Crippen molar-refractivity contribution < 1.29 is 9.59 Å². The number of carbonyl (C=O) groups excluding carboxylic acids is 2. The van der Waals surface area contributed by atoms with Crippen LogP contribution in [-0.2, 0) is 4.79 Å². The zero-order valence-electron chi connectivity index (χ0n) is 18.5. The van der Waals surface area contributed by atoms with Gasteiger partial charge in [-0.15, -0.1) is 11.8 Å². The maximum Gasteiger partial charge on any atom is 0.324 e. The smallest absolute Gasteiger partial charge is 0.324 e. The van der Waals surface area contributed by atoms with Gasteiger partial charge in [-0.1, -0.05) is 49.9 Å². The van der Waals surface area contributed by atoms with Crippen molar-refractivity contribution >= 4 is 40.2 Å². The minimum absolute atomic E-state index is 0.0223. The average Bonchev–Trinajstić information content (AvgIpc) is 3.27. The van der Waals surface area contributed by atoms with Crippen molar-refractivity contribution in [3.8, 4) is 0 Å². The van der Waals surface area contributed by atoms with Crippen LogP contribution in [0.5, 0.6) is 0 Å². The van der Waals surface area contributed by atoms with Gasteiger partial charge in [0.15, 0.2) is 5.13 Å². The maximum atomic E-state index is 13.3. The van der Waals surface area contributed by atoms with Crippen molar-refractivity contribution in [3.63, 3.8) is 0 Å². The molecule has 0 radical (unpaired) electrons. The molecule has 8 heteroatoms. The molecule has 2 aliphatic carbocycles. The minimum Gasteiger partial charge on any atom is -0.342 e. The van der Waals surface area contributed by atoms with Crippen LogP contribution in [0, 0.1) is 0 Å². The van der Waals surface area contributed by atoms with E-state index in [1.807, 2.05) is 4.90 Å². The van der Waals surface area contributed by atoms with Gasteiger partial charge < -0.3 is 9.80 Å². The summed E-state index contributed by atoms with van der Waals surface area (Å²) in [7, 11) is 0. The molecule has 172 valence electrons. The molecule has 0 bridgehead atoms. The first kappa shape index (κ1) is 22.9. The summed E-state index contributed by atoms with van der Waals surface area (Å²) in [6, 6.07) is 0.759. The normalized spacial score (nSPS) is 21.1. The summed E-state index contributed by atoms with van der Waals surface area (Å²) in [6.07, 6.45) is 17.2. The molecule has 2 saturated carbocycles. The highest BCUT2D eigenvalue weighted by atomic mass is 32.2. The topological polar surface area (TPSA) is 65.5 Å². The zero-order valence-corrected chi connectivity index (χ0v) is 20.2. The molecule has 0 aromatic carbocycles. The lowest BCUT2D eigenvalue weighted by molar-refractivity contribution is -0.129. The number of urea groups is 1. The Hall–Kier alpha value is -1.28. The number of nitrogens with zero attached hydrogens (tertiary/aromatic N) is 3. The third kappa shape index (κ3) is 6.37. The van der Waals surface area contributed by atoms with Gasteiger partial charge in [0, 0.05) is 25.2 Å². The highest BCUT2D eigenvalue weighted by molar-refractivity contribution is 8.01. The number of rotatable bonds is 6. The summed E-state index contributed by atoms with van der Waals surface area (Å²) >= 11 is 3.02. The second-order valence-corrected chi connectivity index (χ2v) is 11.4. The molecule has 1 aromatic heterocycles. The summed E-state index contributed by atoms with van der Waals surface area (Å²) in [4.78, 5) is 34.3. The number of amides is 3. The Morgan fingerprint density at radius 1 is 0.968 bits per heavy atom. The number of nitrogens with one attached hydrogen (secondary N) is 1. The Bertz CT molecular complexity index is 705. The molecule has 2 heterocycles. The first-order valence-electron chi connectivity index (χ1n) is 12.2. The number of anilines is 1. The molecule has 4 rings (SSSR count). The van der Waals surface area contributed by atoms with Crippen LogP contribution in [0.4, 0.5) is 9.93 Å². The number of likely N-dealkylation sites (tertiary alicyclic amines) is 1. The van der Waals surface area contributed by atoms with Crippen LogP contribution < -0.4 is 5.32 Å². The van der Waals surface area contributed by atoms with E-state index in [9.17, 15) is 9.59 Å². The van der Waals surface area contributed by atoms with Crippen LogP contribution in [0.2, 0.25) is 0 Å². The Kier molecular flexibility index (Phi) is 8.53. The van der Waals surface area contributed by atoms with Crippen molar-refractivity contribution in [1.29, 1.82) is 0 Å². The molecule has 0 unspecified atom stereocenters. The standard InChI is InChI=1S/C23H36N4O2S2/c28-20(26-14-8-3-9-15-26)17-30-21-16-24-22(31-21)25-23(29)27(18-10-4-1-5-11-18)19-12-6-2-7-13-19/h16,18-19H,1-15,17H2,(H,24,25,29). The van der Waals surface area contributed by atoms with E-state index in [1.165, 1.54) is 68.0 Å². The predicted molar refractivity (Wildman–Crippen MR) is 128 cm³/mol. The van der Waals surface area contributed by atoms with E-state index < -0.39 is 0 Å². The van der Waals surface area contributed by atoms with E-state index in [2.05, 4.69) is 15.2 Å². The number of piperidine rings is 1. The van der Waals surface area contributed by atoms with E-state index >= 15 is 0 Å². The summed E-state index contributed by atoms with van der Waals surface area (Å²) in [5.41, 5.74) is 0. The van der Waals surface area contributed by atoms with Gasteiger partial charge in [-0.2, -0.15) is 0 Å². The van der Waals surface area contributed by atoms with Crippen LogP contribution >= 0.6 is 23.1 Å². The van der Waals surface area contributed by atoms with Crippen LogP contribution in [0.1, 0.15) is 83.5 Å². The molecule has 1 aliphatic heterocycles. The summed E-state index contributed by atoms with van der Waals surface area (Å²) in [6.45, 7) is 1.78. The molecule has 0 spiro atoms. The maximum absolute atomic E-state index is 13.3. The molecule has 3 fully saturated rings. The molecule has 0 atom stereocenters. The van der Waals surface area contributed by atoms with Crippen LogP contribution in [0.25, 0.3) is 0 Å². The lowest BCUT2D eigenvalue weighted by Gasteiger charge is -2.41. The van der Waals surface area contributed by atoms with Gasteiger partial charge in [0.1, 0.15) is 0 Å². The number of thioether (sulfide) groups is 1. The lowest BCUT2D eigenvalue weighted by atomic mass is 9.89. The lowest BCUT2D eigenvalue weighted by Crippen LogP contribution is -2.50. The highest BCUT2D eigenvalue weighted by Crippen LogP contribution is 2.32. The molecule has 3 amide bonds. The zero-order chi connectivity index (χ0) is 21.5. The van der Waals surface area contributed by atoms with Gasteiger partial charge in [0.2, 0.25) is 5.91 Å². The number of aromatic nitrogens is 1. The molecular formula is C23H36N4O2S2. The van der Waals surface area contributed by atoms with Crippen molar-refractivity contribution in [1.82, 2.24) is 14.8 Å². The quantitative estimate of drug-likeness (QED) is 0.545. The van der Waals surface area contributed by atoms with E-state index in [4.69, 9.17) is 0 Å². The van der Waals surface area contributed by atoms with Gasteiger partial charge in [-0.05, 0) is 44.9 Å². The largest absolute Gasteiger partial charge is 0.342 e. The molecule has 31 heavy (non-hydrogen) atoms. The Morgan fingerprint density at radius 3 is 2.16 bits per heavy atom. The Balaban J connectivity index is 1.33. The van der Waals surface area contributed by atoms with Crippen LogP contribution in [0.3, 0.4) is 0 Å². The van der Waals surface area contributed by atoms with Crippen LogP contribution in [-0.4, -0.2) is 57.6 Å². The first-order chi connectivity index (χ1) is 15.2. The molecular weight excluding hydrogens is 428 g/mol. The third-order valence-corrected chi connectivity index (χ3v) is 9.01. The number of carbonyl (C=O) groups is 2. The Morgan fingerprint density at radius 2 is 1.55 bits per heavy atom. The first-order valence-corrected chi connectivity index (χ1v) is 14.0. The second kappa shape index (κ2) is 11.5. The van der Waals surface area contributed by atoms with Crippen molar-refractivity contribution in [2.45, 2.75) is 99.8 Å². The van der Waals surface area contributed by atoms with E-state index in [-0.39, 0.29) is 11.9 Å². The summed E-state index contributed by atoms with van der Waals surface area (Å²) in [5, 5.41) is 3.74. The molecule has 1 saturated heterocycles. The van der Waals surface area contributed by atoms with E-state index in [0.29, 0.717) is 23.0 Å². The number of hydrogen-bond donors (Lipinski definition) is 1. The summed E-state index contributed by atoms with van der Waals surface area (Å²) in [5.74, 6) is 0.663. The van der Waals surface area contributed by atoms with Gasteiger partial charge in [0.05, 0.1) is 16.2 Å². The SMILES string of the molecule is O=C(CSc1cnc(NC(=O)N(C2CCCCC2)C2CCCCC2)s1)N1CCCCC1. The van der Waals surface area contributed by atoms with Crippen molar-refractivity contribution in [3.05, 3.63) is 6.20 Å². The minimum atomic E-state index is 0.0223. The molecule has 1 aromatic rings. The van der Waals surface area contributed by atoms with Gasteiger partial charge in [-0.25, -0.2) is 9.78 Å². The van der Waals surface area contributed by atoms with E-state index in [1.54, 1.807) is 6.20 Å². The Labute approximate surface area is 194 Å². The van der Waals surface area contributed by atoms with Gasteiger partial charge >= 0.3 is 6.03 Å². The number of thiazole rings is 1. The second-order valence-electron chi connectivity index (χ2n) is 9.14. The summed E-state index contributed by atoms with van der Waals surface area (Å²) < 4.78 is 0.988. The van der Waals surface area contributed by atoms with E-state index in [0.717, 1.165) is 55.8 Å². The predicted octanol–water partition coefficient (Wildman–Crippen LogP) is 5.75.